The van der Waals surface area contributed by atoms with E-state index in [4.69, 9.17) is 4.74 Å². The van der Waals surface area contributed by atoms with Gasteiger partial charge in [0.15, 0.2) is 0 Å². The van der Waals surface area contributed by atoms with E-state index in [1.165, 1.54) is 51.8 Å². The van der Waals surface area contributed by atoms with E-state index >= 15 is 0 Å². The Morgan fingerprint density at radius 3 is 1.71 bits per heavy atom. The first-order valence-corrected chi connectivity index (χ1v) is 18.1. The number of aliphatic hydroxyl groups excluding tert-OH is 1. The normalized spacial score (nSPS) is 16.5. The van der Waals surface area contributed by atoms with Crippen molar-refractivity contribution >= 4 is 18.4 Å². The van der Waals surface area contributed by atoms with E-state index in [2.05, 4.69) is 44.8 Å². The summed E-state index contributed by atoms with van der Waals surface area (Å²) in [6.45, 7) is 13.0. The van der Waals surface area contributed by atoms with Crippen LogP contribution in [0.15, 0.2) is 10.2 Å². The van der Waals surface area contributed by atoms with Crippen LogP contribution in [0.4, 0.5) is 0 Å². The van der Waals surface area contributed by atoms with Gasteiger partial charge in [-0.25, -0.2) is 0 Å². The van der Waals surface area contributed by atoms with Crippen LogP contribution in [0.25, 0.3) is 0 Å². The molecule has 24 heavy (non-hydrogen) atoms. The number of ether oxygens (including phenoxy) is 1. The molecule has 3 atom stereocenters. The number of hydrogen-bond donors (Lipinski definition) is 1. The van der Waals surface area contributed by atoms with E-state index in [1.807, 2.05) is 6.92 Å². The van der Waals surface area contributed by atoms with Gasteiger partial charge in [0, 0.05) is 0 Å². The van der Waals surface area contributed by atoms with Crippen molar-refractivity contribution in [1.82, 2.24) is 0 Å². The fourth-order valence-electron chi connectivity index (χ4n) is 3.50. The minimum absolute atomic E-state index is 0.121. The fraction of sp³-hybridized carbons (Fsp3) is 0.905. The molecule has 1 unspecified atom stereocenters. The minimum atomic E-state index is -2.17. The van der Waals surface area contributed by atoms with Crippen molar-refractivity contribution in [2.75, 3.05) is 0 Å². The van der Waals surface area contributed by atoms with Crippen LogP contribution in [-0.4, -0.2) is 41.8 Å². The van der Waals surface area contributed by atoms with Gasteiger partial charge in [-0.15, -0.1) is 0 Å². The first-order chi connectivity index (χ1) is 11.4. The molecule has 1 N–H and O–H groups in total. The van der Waals surface area contributed by atoms with E-state index in [-0.39, 0.29) is 18.3 Å². The van der Waals surface area contributed by atoms with E-state index < -0.39 is 18.4 Å². The zero-order valence-electron chi connectivity index (χ0n) is 17.3. The van der Waals surface area contributed by atoms with Crippen LogP contribution in [0.2, 0.25) is 13.3 Å². The monoisotopic (exact) mass is 448 g/mol. The van der Waals surface area contributed by atoms with Crippen LogP contribution < -0.4 is 0 Å². The molecule has 0 fully saturated rings. The molecule has 0 spiro atoms. The Labute approximate surface area is 156 Å². The summed E-state index contributed by atoms with van der Waals surface area (Å²) in [6, 6.07) is 0. The van der Waals surface area contributed by atoms with Crippen LogP contribution in [0.5, 0.6) is 0 Å². The Morgan fingerprint density at radius 2 is 1.33 bits per heavy atom. The Morgan fingerprint density at radius 1 is 0.875 bits per heavy atom. The number of unbranched alkanes of at least 4 members (excludes halogenated alkanes) is 3. The van der Waals surface area contributed by atoms with Crippen molar-refractivity contribution in [3.63, 3.8) is 0 Å². The molecule has 0 saturated carbocycles. The number of rotatable bonds is 15. The summed E-state index contributed by atoms with van der Waals surface area (Å²) in [7, 11) is 0. The Kier molecular flexibility index (Phi) is 14.9. The van der Waals surface area contributed by atoms with Crippen LogP contribution in [0.1, 0.15) is 86.5 Å². The maximum absolute atomic E-state index is 9.50. The second kappa shape index (κ2) is 14.6. The molecule has 0 radical (unpaired) electrons. The summed E-state index contributed by atoms with van der Waals surface area (Å²) in [5, 5.41) is 9.50. The van der Waals surface area contributed by atoms with Crippen molar-refractivity contribution in [3.8, 4) is 0 Å². The predicted molar refractivity (Wildman–Crippen MR) is 110 cm³/mol. The van der Waals surface area contributed by atoms with Crippen LogP contribution >= 0.6 is 0 Å². The van der Waals surface area contributed by atoms with E-state index in [0.29, 0.717) is 6.42 Å². The van der Waals surface area contributed by atoms with Crippen molar-refractivity contribution in [2.24, 2.45) is 0 Å². The third kappa shape index (κ3) is 11.9. The topological polar surface area (TPSA) is 29.5 Å². The van der Waals surface area contributed by atoms with E-state index in [1.54, 1.807) is 0 Å². The van der Waals surface area contributed by atoms with Crippen molar-refractivity contribution < 1.29 is 9.84 Å². The summed E-state index contributed by atoms with van der Waals surface area (Å²) < 4.78 is 13.3. The summed E-state index contributed by atoms with van der Waals surface area (Å²) in [6.07, 6.45) is 11.3. The van der Waals surface area contributed by atoms with E-state index in [0.717, 1.165) is 0 Å². The van der Waals surface area contributed by atoms with Gasteiger partial charge in [-0.1, -0.05) is 0 Å². The van der Waals surface area contributed by atoms with Gasteiger partial charge in [-0.3, -0.25) is 0 Å². The average Bonchev–Trinajstić information content (AvgIpc) is 2.52. The first kappa shape index (κ1) is 24.5. The molecule has 0 aromatic rings. The zero-order valence-corrected chi connectivity index (χ0v) is 20.2. The molecule has 3 heteroatoms. The third-order valence-electron chi connectivity index (χ3n) is 4.93. The quantitative estimate of drug-likeness (QED) is 0.291. The molecule has 0 heterocycles. The molecule has 144 valence electrons. The van der Waals surface area contributed by atoms with Gasteiger partial charge in [0.05, 0.1) is 0 Å². The van der Waals surface area contributed by atoms with Gasteiger partial charge in [-0.2, -0.15) is 0 Å². The molecule has 0 aromatic carbocycles. The molecule has 0 aliphatic heterocycles. The van der Waals surface area contributed by atoms with Gasteiger partial charge in [0.25, 0.3) is 0 Å². The first-order valence-electron chi connectivity index (χ1n) is 10.4. The molecule has 2 nitrogen and oxygen atoms in total. The van der Waals surface area contributed by atoms with Crippen LogP contribution in [0, 0.1) is 0 Å². The van der Waals surface area contributed by atoms with Gasteiger partial charge in [0.1, 0.15) is 0 Å². The molecule has 0 aromatic heterocycles. The number of hydrogen-bond acceptors (Lipinski definition) is 2. The van der Waals surface area contributed by atoms with Crippen molar-refractivity contribution in [2.45, 2.75) is 118 Å². The maximum atomic E-state index is 9.50. The van der Waals surface area contributed by atoms with Crippen LogP contribution in [0.3, 0.4) is 0 Å². The standard InChI is InChI=1S/C9H17O2.3C4H9.Sn/c1-5-8(3)11-9(4)6-7(2)10;3*1-3-4-2;/h1,5,7-10H,6H2,2-4H3;3*1,3-4H2,2H3;/t7-,8?,9-;;;;/m1..../s1. The fourth-order valence-corrected chi connectivity index (χ4v) is 18.1. The molecule has 0 rings (SSSR count). The van der Waals surface area contributed by atoms with Crippen molar-refractivity contribution in [1.29, 1.82) is 0 Å². The molecular formula is C21H44O2Sn. The van der Waals surface area contributed by atoms with Crippen LogP contribution in [-0.2, 0) is 4.74 Å². The van der Waals surface area contributed by atoms with Gasteiger partial charge >= 0.3 is 156 Å². The SMILES string of the molecule is CCC[CH2][Sn](/[CH]=C/C(C)O[C@H](C)C[C@@H](C)O)([CH2]CCC)[CH2]CCC. The predicted octanol–water partition coefficient (Wildman–Crippen LogP) is 6.50. The molecule has 0 saturated heterocycles. The Hall–Kier alpha value is 0.459. The molecule has 0 aliphatic rings. The zero-order chi connectivity index (χ0) is 18.4. The second-order valence-electron chi connectivity index (χ2n) is 7.77. The molecule has 0 amide bonds. The summed E-state index contributed by atoms with van der Waals surface area (Å²) in [5.41, 5.74) is 0. The molecule has 0 aliphatic carbocycles. The van der Waals surface area contributed by atoms with Gasteiger partial charge in [0.2, 0.25) is 0 Å². The second-order valence-corrected chi connectivity index (χ2v) is 20.8. The third-order valence-corrected chi connectivity index (χ3v) is 19.0. The Balaban J connectivity index is 4.89. The summed E-state index contributed by atoms with van der Waals surface area (Å²) in [4.78, 5) is 0. The summed E-state index contributed by atoms with van der Waals surface area (Å²) in [5.74, 6) is 0. The Bertz CT molecular complexity index is 293. The summed E-state index contributed by atoms with van der Waals surface area (Å²) >= 11 is -2.17. The number of aliphatic hydroxyl groups is 1. The van der Waals surface area contributed by atoms with Gasteiger partial charge in [-0.05, 0) is 0 Å². The average molecular weight is 447 g/mol. The van der Waals surface area contributed by atoms with Crippen molar-refractivity contribution in [3.05, 3.63) is 10.2 Å². The molecule has 0 bridgehead atoms. The van der Waals surface area contributed by atoms with E-state index in [9.17, 15) is 5.11 Å². The molecular weight excluding hydrogens is 403 g/mol. The van der Waals surface area contributed by atoms with Gasteiger partial charge < -0.3 is 0 Å².